The minimum atomic E-state index is -2.05. The van der Waals surface area contributed by atoms with Gasteiger partial charge in [0.15, 0.2) is 0 Å². The second-order valence-electron chi connectivity index (χ2n) is 9.92. The van der Waals surface area contributed by atoms with Crippen LogP contribution in [0.3, 0.4) is 0 Å². The molecule has 6 aromatic rings. The van der Waals surface area contributed by atoms with Gasteiger partial charge in [0, 0.05) is 8.07 Å². The standard InChI is InChI=1S/C32H30Si.2CH3.Ti/c1-5-21-19-25-17-15-23-11-7-9-13-27(23)29(25)31(21)33(3,4)32-22(6-2)20-26-18-16-24-12-8-10-14-28(24)30(26)32;;;/h7-20H,5-6H2,1-4H3;2*1H3;/q-2;2*-1;+4. The van der Waals surface area contributed by atoms with Crippen LogP contribution in [0.2, 0.25) is 13.1 Å². The molecule has 0 saturated carbocycles. The zero-order valence-corrected chi connectivity index (χ0v) is 25.1. The third-order valence-electron chi connectivity index (χ3n) is 7.74. The molecule has 0 bridgehead atoms. The molecule has 0 nitrogen and oxygen atoms in total. The molecular formula is C34H36SiTi. The van der Waals surface area contributed by atoms with E-state index in [1.54, 1.807) is 10.4 Å². The summed E-state index contributed by atoms with van der Waals surface area (Å²) in [6.45, 7) is 9.84. The Morgan fingerprint density at radius 2 is 0.972 bits per heavy atom. The molecule has 6 aromatic carbocycles. The number of benzene rings is 4. The molecule has 180 valence electrons. The molecule has 0 heterocycles. The third kappa shape index (κ3) is 4.02. The molecule has 2 heteroatoms. The average Bonchev–Trinajstić information content (AvgIpc) is 3.43. The summed E-state index contributed by atoms with van der Waals surface area (Å²) >= 11 is 0. The van der Waals surface area contributed by atoms with Crippen molar-refractivity contribution in [3.8, 4) is 0 Å². The van der Waals surface area contributed by atoms with Gasteiger partial charge < -0.3 is 14.9 Å². The maximum absolute atomic E-state index is 2.60. The molecule has 0 amide bonds. The van der Waals surface area contributed by atoms with Gasteiger partial charge in [-0.15, -0.1) is 56.9 Å². The monoisotopic (exact) mass is 520 g/mol. The molecule has 36 heavy (non-hydrogen) atoms. The topological polar surface area (TPSA) is 0 Å². The number of aryl methyl sites for hydroxylation is 2. The summed E-state index contributed by atoms with van der Waals surface area (Å²) in [5.74, 6) is 0. The van der Waals surface area contributed by atoms with E-state index in [0.29, 0.717) is 0 Å². The fourth-order valence-corrected chi connectivity index (χ4v) is 10.5. The van der Waals surface area contributed by atoms with Crippen LogP contribution in [0.15, 0.2) is 84.9 Å². The van der Waals surface area contributed by atoms with Crippen molar-refractivity contribution in [3.05, 3.63) is 111 Å². The molecule has 6 rings (SSSR count). The van der Waals surface area contributed by atoms with Crippen molar-refractivity contribution < 1.29 is 21.7 Å². The Bertz CT molecular complexity index is 1540. The summed E-state index contributed by atoms with van der Waals surface area (Å²) in [7, 11) is -2.05. The summed E-state index contributed by atoms with van der Waals surface area (Å²) in [5, 5.41) is 14.6. The van der Waals surface area contributed by atoms with Gasteiger partial charge in [0.05, 0.1) is 0 Å². The molecule has 0 fully saturated rings. The average molecular weight is 521 g/mol. The molecular weight excluding hydrogens is 484 g/mol. The second-order valence-corrected chi connectivity index (χ2v) is 14.2. The molecule has 0 aliphatic carbocycles. The summed E-state index contributed by atoms with van der Waals surface area (Å²) in [6.07, 6.45) is 2.16. The Hall–Kier alpha value is -2.45. The fourth-order valence-electron chi connectivity index (χ4n) is 6.33. The van der Waals surface area contributed by atoms with E-state index in [1.807, 2.05) is 0 Å². The minimum Gasteiger partial charge on any atom is -0.358 e. The number of hydrogen-bond donors (Lipinski definition) is 0. The number of fused-ring (bicyclic) bond motifs is 6. The van der Waals surface area contributed by atoms with Crippen molar-refractivity contribution in [2.45, 2.75) is 39.8 Å². The Morgan fingerprint density at radius 3 is 1.36 bits per heavy atom. The zero-order valence-electron chi connectivity index (χ0n) is 22.5. The number of hydrogen-bond acceptors (Lipinski definition) is 0. The summed E-state index contributed by atoms with van der Waals surface area (Å²) < 4.78 is 0. The largest absolute Gasteiger partial charge is 4.00 e. The molecule has 0 saturated heterocycles. The van der Waals surface area contributed by atoms with E-state index in [2.05, 4.69) is 112 Å². The molecule has 0 aliphatic rings. The van der Waals surface area contributed by atoms with E-state index in [4.69, 9.17) is 0 Å². The van der Waals surface area contributed by atoms with E-state index in [-0.39, 0.29) is 36.6 Å². The molecule has 0 aromatic heterocycles. The first-order valence-electron chi connectivity index (χ1n) is 12.3. The van der Waals surface area contributed by atoms with Crippen LogP contribution in [-0.4, -0.2) is 8.07 Å². The van der Waals surface area contributed by atoms with Crippen molar-refractivity contribution in [1.29, 1.82) is 0 Å². The van der Waals surface area contributed by atoms with Crippen LogP contribution >= 0.6 is 0 Å². The van der Waals surface area contributed by atoms with E-state index in [9.17, 15) is 0 Å². The van der Waals surface area contributed by atoms with Crippen molar-refractivity contribution in [3.63, 3.8) is 0 Å². The van der Waals surface area contributed by atoms with E-state index < -0.39 is 8.07 Å². The van der Waals surface area contributed by atoms with Gasteiger partial charge >= 0.3 is 21.7 Å². The van der Waals surface area contributed by atoms with Gasteiger partial charge in [-0.05, 0) is 23.6 Å². The Morgan fingerprint density at radius 1 is 0.583 bits per heavy atom. The van der Waals surface area contributed by atoms with Gasteiger partial charge in [0.25, 0.3) is 0 Å². The van der Waals surface area contributed by atoms with Crippen LogP contribution < -0.4 is 10.4 Å². The second kappa shape index (κ2) is 10.5. The first-order valence-corrected chi connectivity index (χ1v) is 15.3. The van der Waals surface area contributed by atoms with Crippen LogP contribution in [0, 0.1) is 14.9 Å². The smallest absolute Gasteiger partial charge is 0.358 e. The van der Waals surface area contributed by atoms with Gasteiger partial charge in [-0.25, -0.2) is 0 Å². The summed E-state index contributed by atoms with van der Waals surface area (Å²) in [6, 6.07) is 32.1. The molecule has 0 atom stereocenters. The maximum atomic E-state index is 2.60. The van der Waals surface area contributed by atoms with Gasteiger partial charge in [0.1, 0.15) is 0 Å². The van der Waals surface area contributed by atoms with Gasteiger partial charge in [0.2, 0.25) is 0 Å². The van der Waals surface area contributed by atoms with Crippen LogP contribution in [-0.2, 0) is 34.6 Å². The normalized spacial score (nSPS) is 11.4. The quantitative estimate of drug-likeness (QED) is 0.161. The third-order valence-corrected chi connectivity index (χ3v) is 11.4. The van der Waals surface area contributed by atoms with Gasteiger partial charge in [-0.1, -0.05) is 98.4 Å². The molecule has 0 N–H and O–H groups in total. The summed E-state index contributed by atoms with van der Waals surface area (Å²) in [5.41, 5.74) is 3.07. The Labute approximate surface area is 233 Å². The SMILES string of the molecule is CCc1[cH-]c2ccc3ccccc3c2c1[Si](C)(C)c1c(CC)[cH-]c2ccc3ccccc3c12.[CH3-].[CH3-].[Ti+4]. The van der Waals surface area contributed by atoms with Crippen LogP contribution in [0.5, 0.6) is 0 Å². The van der Waals surface area contributed by atoms with Crippen LogP contribution in [0.1, 0.15) is 25.0 Å². The van der Waals surface area contributed by atoms with Crippen molar-refractivity contribution in [2.24, 2.45) is 0 Å². The van der Waals surface area contributed by atoms with E-state index >= 15 is 0 Å². The molecule has 0 aliphatic heterocycles. The Kier molecular flexibility index (Phi) is 8.20. The van der Waals surface area contributed by atoms with E-state index in [1.165, 1.54) is 54.2 Å². The minimum absolute atomic E-state index is 0. The molecule has 0 radical (unpaired) electrons. The van der Waals surface area contributed by atoms with Crippen molar-refractivity contribution >= 4 is 61.5 Å². The first-order chi connectivity index (χ1) is 16.0. The summed E-state index contributed by atoms with van der Waals surface area (Å²) in [4.78, 5) is 0. The molecule has 0 unspecified atom stereocenters. The van der Waals surface area contributed by atoms with Crippen LogP contribution in [0.25, 0.3) is 43.1 Å². The van der Waals surface area contributed by atoms with Crippen LogP contribution in [0.4, 0.5) is 0 Å². The van der Waals surface area contributed by atoms with Crippen molar-refractivity contribution in [2.75, 3.05) is 0 Å². The molecule has 0 spiro atoms. The Balaban J connectivity index is 0.00000120. The zero-order chi connectivity index (χ0) is 22.7. The van der Waals surface area contributed by atoms with Gasteiger partial charge in [-0.2, -0.15) is 10.4 Å². The first kappa shape index (κ1) is 28.1. The number of rotatable bonds is 4. The fraction of sp³-hybridized carbons (Fsp3) is 0.176. The maximum Gasteiger partial charge on any atom is 4.00 e. The van der Waals surface area contributed by atoms with Gasteiger partial charge in [-0.3, -0.25) is 0 Å². The van der Waals surface area contributed by atoms with Crippen molar-refractivity contribution in [1.82, 2.24) is 0 Å². The predicted molar refractivity (Wildman–Crippen MR) is 162 cm³/mol. The predicted octanol–water partition coefficient (Wildman–Crippen LogP) is 8.58. The van der Waals surface area contributed by atoms with E-state index in [0.717, 1.165) is 12.8 Å².